The number of nitrogens with zero attached hydrogens (tertiary/aromatic N) is 3. The first-order valence-electron chi connectivity index (χ1n) is 7.40. The van der Waals surface area contributed by atoms with E-state index in [1.165, 1.54) is 5.01 Å². The predicted molar refractivity (Wildman–Crippen MR) is 84.3 cm³/mol. The molecule has 1 unspecified atom stereocenters. The van der Waals surface area contributed by atoms with Gasteiger partial charge < -0.3 is 5.11 Å². The maximum Gasteiger partial charge on any atom is 0.419 e. The number of hydrogen-bond donors (Lipinski definition) is 1. The van der Waals surface area contributed by atoms with Gasteiger partial charge >= 0.3 is 6.18 Å². The summed E-state index contributed by atoms with van der Waals surface area (Å²) in [5.41, 5.74) is -0.342. The Morgan fingerprint density at radius 2 is 2.12 bits per heavy atom. The monoisotopic (exact) mass is 357 g/mol. The first kappa shape index (κ1) is 17.1. The highest BCUT2D eigenvalue weighted by Gasteiger charge is 2.62. The standard InChI is InChI=1S/C16H15ClF3N3O/c1-8-10(4-5-11(21-3)13(8)17)14-9(2)12-6-15(24,16(18,19)20)7-23(12)22-14/h4-5,9,12,24H,6-7H2,1-2H3/t9-,12-,15?/m0/s1. The summed E-state index contributed by atoms with van der Waals surface area (Å²) >= 11 is 6.18. The van der Waals surface area contributed by atoms with Gasteiger partial charge in [-0.1, -0.05) is 30.7 Å². The molecule has 3 rings (SSSR count). The lowest BCUT2D eigenvalue weighted by atomic mass is 9.87. The number of halogens is 4. The molecular formula is C16H15ClF3N3O. The summed E-state index contributed by atoms with van der Waals surface area (Å²) in [5.74, 6) is -0.282. The van der Waals surface area contributed by atoms with Gasteiger partial charge in [-0.3, -0.25) is 5.01 Å². The molecule has 1 saturated heterocycles. The fraction of sp³-hybridized carbons (Fsp3) is 0.500. The molecule has 0 aliphatic carbocycles. The quantitative estimate of drug-likeness (QED) is 0.774. The molecule has 0 aromatic heterocycles. The van der Waals surface area contributed by atoms with E-state index in [4.69, 9.17) is 18.2 Å². The lowest BCUT2D eigenvalue weighted by molar-refractivity contribution is -0.254. The molecule has 1 aromatic carbocycles. The molecule has 0 bridgehead atoms. The minimum atomic E-state index is -4.68. The number of benzene rings is 1. The van der Waals surface area contributed by atoms with Crippen LogP contribution in [-0.4, -0.2) is 40.2 Å². The third kappa shape index (κ3) is 2.36. The van der Waals surface area contributed by atoms with Crippen LogP contribution in [0, 0.1) is 19.4 Å². The highest BCUT2D eigenvalue weighted by molar-refractivity contribution is 6.34. The van der Waals surface area contributed by atoms with Crippen molar-refractivity contribution < 1.29 is 18.3 Å². The van der Waals surface area contributed by atoms with E-state index >= 15 is 0 Å². The van der Waals surface area contributed by atoms with Gasteiger partial charge in [0.1, 0.15) is 0 Å². The normalized spacial score (nSPS) is 29.4. The van der Waals surface area contributed by atoms with Crippen molar-refractivity contribution in [3.8, 4) is 0 Å². The van der Waals surface area contributed by atoms with Crippen molar-refractivity contribution in [1.29, 1.82) is 0 Å². The van der Waals surface area contributed by atoms with Crippen molar-refractivity contribution in [3.63, 3.8) is 0 Å². The van der Waals surface area contributed by atoms with Gasteiger partial charge in [-0.2, -0.15) is 18.3 Å². The van der Waals surface area contributed by atoms with Crippen LogP contribution in [0.4, 0.5) is 18.9 Å². The zero-order valence-electron chi connectivity index (χ0n) is 13.0. The second-order valence-electron chi connectivity index (χ2n) is 6.36. The Kier molecular flexibility index (Phi) is 3.81. The lowest BCUT2D eigenvalue weighted by Crippen LogP contribution is -2.47. The Morgan fingerprint density at radius 1 is 1.46 bits per heavy atom. The highest BCUT2D eigenvalue weighted by Crippen LogP contribution is 2.46. The van der Waals surface area contributed by atoms with E-state index in [1.807, 2.05) is 0 Å². The Morgan fingerprint density at radius 3 is 2.67 bits per heavy atom. The van der Waals surface area contributed by atoms with Crippen LogP contribution in [0.5, 0.6) is 0 Å². The third-order valence-electron chi connectivity index (χ3n) is 4.89. The number of aliphatic hydroxyl groups is 1. The maximum atomic E-state index is 13.0. The molecule has 8 heteroatoms. The van der Waals surface area contributed by atoms with Crippen LogP contribution in [0.25, 0.3) is 4.85 Å². The van der Waals surface area contributed by atoms with Crippen LogP contribution < -0.4 is 0 Å². The van der Waals surface area contributed by atoms with E-state index in [-0.39, 0.29) is 5.92 Å². The topological polar surface area (TPSA) is 40.2 Å². The van der Waals surface area contributed by atoms with Crippen molar-refractivity contribution in [1.82, 2.24) is 5.01 Å². The van der Waals surface area contributed by atoms with Crippen molar-refractivity contribution >= 4 is 23.0 Å². The molecule has 0 spiro atoms. The molecule has 0 amide bonds. The minimum Gasteiger partial charge on any atom is -0.379 e. The minimum absolute atomic E-state index is 0.282. The van der Waals surface area contributed by atoms with E-state index in [1.54, 1.807) is 26.0 Å². The molecule has 1 fully saturated rings. The summed E-state index contributed by atoms with van der Waals surface area (Å²) < 4.78 is 39.1. The van der Waals surface area contributed by atoms with Crippen molar-refractivity contribution in [2.24, 2.45) is 11.0 Å². The summed E-state index contributed by atoms with van der Waals surface area (Å²) in [6.07, 6.45) is -5.08. The average molecular weight is 358 g/mol. The Hall–Kier alpha value is -1.78. The predicted octanol–water partition coefficient (Wildman–Crippen LogP) is 3.92. The summed E-state index contributed by atoms with van der Waals surface area (Å²) in [6.45, 7) is 10.1. The Balaban J connectivity index is 1.96. The van der Waals surface area contributed by atoms with E-state index < -0.39 is 30.8 Å². The molecule has 2 aliphatic heterocycles. The van der Waals surface area contributed by atoms with Crippen molar-refractivity contribution in [2.75, 3.05) is 6.54 Å². The molecule has 128 valence electrons. The van der Waals surface area contributed by atoms with Crippen molar-refractivity contribution in [3.05, 3.63) is 39.7 Å². The molecule has 24 heavy (non-hydrogen) atoms. The smallest absolute Gasteiger partial charge is 0.379 e. The zero-order chi connectivity index (χ0) is 17.9. The molecular weight excluding hydrogens is 343 g/mol. The van der Waals surface area contributed by atoms with Gasteiger partial charge in [-0.25, -0.2) is 4.85 Å². The van der Waals surface area contributed by atoms with E-state index in [2.05, 4.69) is 9.95 Å². The molecule has 2 aliphatic rings. The summed E-state index contributed by atoms with van der Waals surface area (Å²) in [7, 11) is 0. The zero-order valence-corrected chi connectivity index (χ0v) is 13.8. The molecule has 3 atom stereocenters. The molecule has 1 aromatic rings. The van der Waals surface area contributed by atoms with Crippen LogP contribution in [0.1, 0.15) is 24.5 Å². The molecule has 0 radical (unpaired) electrons. The SMILES string of the molecule is [C-]#[N+]c1ccc(C2=NN3CC(O)(C(F)(F)F)C[C@H]3[C@@H]2C)c(C)c1Cl. The largest absolute Gasteiger partial charge is 0.419 e. The molecule has 2 heterocycles. The number of hydrazone groups is 1. The summed E-state index contributed by atoms with van der Waals surface area (Å²) in [5, 5.41) is 15.9. The van der Waals surface area contributed by atoms with Crippen LogP contribution in [0.2, 0.25) is 5.02 Å². The van der Waals surface area contributed by atoms with Gasteiger partial charge in [-0.15, -0.1) is 0 Å². The Labute approximate surface area is 142 Å². The van der Waals surface area contributed by atoms with Gasteiger partial charge in [0.15, 0.2) is 5.60 Å². The van der Waals surface area contributed by atoms with Gasteiger partial charge in [-0.05, 0) is 18.1 Å². The summed E-state index contributed by atoms with van der Waals surface area (Å²) in [4.78, 5) is 3.33. The average Bonchev–Trinajstić information content (AvgIpc) is 2.98. The van der Waals surface area contributed by atoms with Crippen LogP contribution >= 0.6 is 11.6 Å². The first-order valence-corrected chi connectivity index (χ1v) is 7.78. The number of hydrogen-bond acceptors (Lipinski definition) is 3. The molecule has 1 N–H and O–H groups in total. The summed E-state index contributed by atoms with van der Waals surface area (Å²) in [6, 6.07) is 2.80. The van der Waals surface area contributed by atoms with Gasteiger partial charge in [0.25, 0.3) is 0 Å². The third-order valence-corrected chi connectivity index (χ3v) is 5.37. The number of fused-ring (bicyclic) bond motifs is 1. The highest BCUT2D eigenvalue weighted by atomic mass is 35.5. The maximum absolute atomic E-state index is 13.0. The van der Waals surface area contributed by atoms with Crippen LogP contribution in [0.3, 0.4) is 0 Å². The van der Waals surface area contributed by atoms with Crippen LogP contribution in [0.15, 0.2) is 17.2 Å². The lowest BCUT2D eigenvalue weighted by Gasteiger charge is -2.25. The first-order chi connectivity index (χ1) is 11.1. The van der Waals surface area contributed by atoms with Gasteiger partial charge in [0.2, 0.25) is 5.69 Å². The number of rotatable bonds is 1. The van der Waals surface area contributed by atoms with Crippen LogP contribution in [-0.2, 0) is 0 Å². The van der Waals surface area contributed by atoms with Gasteiger partial charge in [0, 0.05) is 12.3 Å². The Bertz CT molecular complexity index is 771. The van der Waals surface area contributed by atoms with Gasteiger partial charge in [0.05, 0.1) is 29.9 Å². The fourth-order valence-electron chi connectivity index (χ4n) is 3.40. The van der Waals surface area contributed by atoms with E-state index in [0.29, 0.717) is 22.0 Å². The second-order valence-corrected chi connectivity index (χ2v) is 6.73. The molecule has 0 saturated carbocycles. The fourth-order valence-corrected chi connectivity index (χ4v) is 3.60. The molecule has 4 nitrogen and oxygen atoms in total. The van der Waals surface area contributed by atoms with E-state index in [9.17, 15) is 18.3 Å². The van der Waals surface area contributed by atoms with E-state index in [0.717, 1.165) is 5.56 Å². The van der Waals surface area contributed by atoms with Crippen molar-refractivity contribution in [2.45, 2.75) is 38.1 Å². The second kappa shape index (κ2) is 5.36. The number of alkyl halides is 3.